The standard InChI is InChI=1S/C15H20O2S/c1-15(2,3)11-4-5-13-12(9-11)10(6-7-18-13)8-14(16)17/h4-5,9-10H,6-8H2,1-3H3,(H,16,17). The van der Waals surface area contributed by atoms with Gasteiger partial charge in [0, 0.05) is 4.90 Å². The van der Waals surface area contributed by atoms with Gasteiger partial charge in [0.1, 0.15) is 0 Å². The first-order chi connectivity index (χ1) is 8.38. The summed E-state index contributed by atoms with van der Waals surface area (Å²) >= 11 is 1.85. The normalized spacial score (nSPS) is 19.4. The SMILES string of the molecule is CC(C)(C)c1ccc2c(c1)C(CC(=O)O)CCS2. The molecule has 0 fully saturated rings. The average molecular weight is 264 g/mol. The molecule has 1 aliphatic heterocycles. The van der Waals surface area contributed by atoms with Crippen LogP contribution in [0.25, 0.3) is 0 Å². The van der Waals surface area contributed by atoms with E-state index in [-0.39, 0.29) is 17.8 Å². The molecule has 0 aromatic heterocycles. The van der Waals surface area contributed by atoms with Gasteiger partial charge in [-0.05, 0) is 40.7 Å². The van der Waals surface area contributed by atoms with Crippen LogP contribution in [0.2, 0.25) is 0 Å². The van der Waals surface area contributed by atoms with E-state index in [0.717, 1.165) is 12.2 Å². The number of carboxylic acids is 1. The molecular formula is C15H20O2S. The fourth-order valence-corrected chi connectivity index (χ4v) is 3.53. The smallest absolute Gasteiger partial charge is 0.303 e. The van der Waals surface area contributed by atoms with Crippen molar-refractivity contribution in [3.63, 3.8) is 0 Å². The minimum Gasteiger partial charge on any atom is -0.481 e. The van der Waals surface area contributed by atoms with Gasteiger partial charge in [-0.1, -0.05) is 32.9 Å². The first kappa shape index (κ1) is 13.5. The molecule has 1 N–H and O–H groups in total. The summed E-state index contributed by atoms with van der Waals surface area (Å²) in [5.41, 5.74) is 2.64. The highest BCUT2D eigenvalue weighted by molar-refractivity contribution is 7.99. The van der Waals surface area contributed by atoms with Gasteiger partial charge in [0.15, 0.2) is 0 Å². The molecule has 1 heterocycles. The van der Waals surface area contributed by atoms with Crippen LogP contribution < -0.4 is 0 Å². The zero-order chi connectivity index (χ0) is 13.3. The molecule has 1 atom stereocenters. The van der Waals surface area contributed by atoms with Crippen LogP contribution >= 0.6 is 11.8 Å². The Morgan fingerprint density at radius 2 is 2.17 bits per heavy atom. The van der Waals surface area contributed by atoms with Crippen LogP contribution in [0.4, 0.5) is 0 Å². The number of aliphatic carboxylic acids is 1. The van der Waals surface area contributed by atoms with Gasteiger partial charge in [-0.2, -0.15) is 0 Å². The number of carboxylic acid groups (broad SMARTS) is 1. The third-order valence-electron chi connectivity index (χ3n) is 3.46. The molecule has 3 heteroatoms. The fourth-order valence-electron chi connectivity index (χ4n) is 2.35. The Morgan fingerprint density at radius 1 is 1.44 bits per heavy atom. The quantitative estimate of drug-likeness (QED) is 0.876. The van der Waals surface area contributed by atoms with Gasteiger partial charge in [-0.25, -0.2) is 0 Å². The molecule has 0 aliphatic carbocycles. The van der Waals surface area contributed by atoms with Gasteiger partial charge in [-0.15, -0.1) is 11.8 Å². The van der Waals surface area contributed by atoms with Crippen molar-refractivity contribution in [3.8, 4) is 0 Å². The van der Waals surface area contributed by atoms with Gasteiger partial charge in [0.05, 0.1) is 6.42 Å². The number of rotatable bonds is 2. The predicted octanol–water partition coefficient (Wildman–Crippen LogP) is 4.04. The summed E-state index contributed by atoms with van der Waals surface area (Å²) in [5, 5.41) is 9.01. The molecule has 1 aromatic rings. The van der Waals surface area contributed by atoms with E-state index >= 15 is 0 Å². The van der Waals surface area contributed by atoms with E-state index in [9.17, 15) is 4.79 Å². The number of carbonyl (C=O) groups is 1. The van der Waals surface area contributed by atoms with Crippen LogP contribution in [-0.4, -0.2) is 16.8 Å². The zero-order valence-corrected chi connectivity index (χ0v) is 12.0. The largest absolute Gasteiger partial charge is 0.481 e. The molecule has 0 radical (unpaired) electrons. The Morgan fingerprint density at radius 3 is 2.78 bits per heavy atom. The van der Waals surface area contributed by atoms with Gasteiger partial charge in [-0.3, -0.25) is 4.79 Å². The lowest BCUT2D eigenvalue weighted by molar-refractivity contribution is -0.137. The Kier molecular flexibility index (Phi) is 3.71. The van der Waals surface area contributed by atoms with Crippen molar-refractivity contribution in [1.82, 2.24) is 0 Å². The Hall–Kier alpha value is -0.960. The maximum atomic E-state index is 11.0. The van der Waals surface area contributed by atoms with Crippen LogP contribution in [0.5, 0.6) is 0 Å². The highest BCUT2D eigenvalue weighted by atomic mass is 32.2. The number of hydrogen-bond acceptors (Lipinski definition) is 2. The first-order valence-corrected chi connectivity index (χ1v) is 7.35. The van der Waals surface area contributed by atoms with Crippen molar-refractivity contribution < 1.29 is 9.90 Å². The van der Waals surface area contributed by atoms with Crippen molar-refractivity contribution in [3.05, 3.63) is 29.3 Å². The number of benzene rings is 1. The second-order valence-corrected chi connectivity index (χ2v) is 7.07. The average Bonchev–Trinajstić information content (AvgIpc) is 2.27. The van der Waals surface area contributed by atoms with E-state index in [4.69, 9.17) is 5.11 Å². The Balaban J connectivity index is 2.38. The van der Waals surface area contributed by atoms with Crippen LogP contribution in [0.15, 0.2) is 23.1 Å². The number of thioether (sulfide) groups is 1. The molecule has 2 rings (SSSR count). The Bertz CT molecular complexity index is 460. The molecule has 0 saturated heterocycles. The molecule has 0 spiro atoms. The van der Waals surface area contributed by atoms with E-state index < -0.39 is 5.97 Å². The van der Waals surface area contributed by atoms with E-state index in [0.29, 0.717) is 0 Å². The lowest BCUT2D eigenvalue weighted by Crippen LogP contribution is -2.16. The number of fused-ring (bicyclic) bond motifs is 1. The summed E-state index contributed by atoms with van der Waals surface area (Å²) in [7, 11) is 0. The predicted molar refractivity (Wildman–Crippen MR) is 75.5 cm³/mol. The second kappa shape index (κ2) is 4.96. The third-order valence-corrected chi connectivity index (χ3v) is 4.58. The summed E-state index contributed by atoms with van der Waals surface area (Å²) in [4.78, 5) is 12.2. The van der Waals surface area contributed by atoms with Gasteiger partial charge < -0.3 is 5.11 Å². The maximum absolute atomic E-state index is 11.0. The van der Waals surface area contributed by atoms with E-state index in [2.05, 4.69) is 39.0 Å². The van der Waals surface area contributed by atoms with E-state index in [1.807, 2.05) is 11.8 Å². The van der Waals surface area contributed by atoms with Gasteiger partial charge in [0.2, 0.25) is 0 Å². The summed E-state index contributed by atoms with van der Waals surface area (Å²) < 4.78 is 0. The highest BCUT2D eigenvalue weighted by Crippen LogP contribution is 2.41. The molecule has 98 valence electrons. The van der Waals surface area contributed by atoms with Gasteiger partial charge in [0.25, 0.3) is 0 Å². The van der Waals surface area contributed by atoms with Crippen LogP contribution in [0, 0.1) is 0 Å². The van der Waals surface area contributed by atoms with Crippen molar-refractivity contribution in [1.29, 1.82) is 0 Å². The van der Waals surface area contributed by atoms with Crippen molar-refractivity contribution >= 4 is 17.7 Å². The second-order valence-electron chi connectivity index (χ2n) is 5.93. The van der Waals surface area contributed by atoms with Crippen molar-refractivity contribution in [2.45, 2.75) is 49.8 Å². The highest BCUT2D eigenvalue weighted by Gasteiger charge is 2.25. The number of hydrogen-bond donors (Lipinski definition) is 1. The fraction of sp³-hybridized carbons (Fsp3) is 0.533. The minimum atomic E-state index is -0.695. The summed E-state index contributed by atoms with van der Waals surface area (Å²) in [5.74, 6) is 0.514. The maximum Gasteiger partial charge on any atom is 0.303 e. The van der Waals surface area contributed by atoms with Gasteiger partial charge >= 0.3 is 5.97 Å². The Labute approximate surface area is 113 Å². The molecule has 2 nitrogen and oxygen atoms in total. The van der Waals surface area contributed by atoms with Crippen molar-refractivity contribution in [2.75, 3.05) is 5.75 Å². The summed E-state index contributed by atoms with van der Waals surface area (Å²) in [6.07, 6.45) is 1.22. The lowest BCUT2D eigenvalue weighted by Gasteiger charge is -2.27. The third kappa shape index (κ3) is 2.89. The van der Waals surface area contributed by atoms with Crippen LogP contribution in [0.3, 0.4) is 0 Å². The monoisotopic (exact) mass is 264 g/mol. The molecule has 18 heavy (non-hydrogen) atoms. The van der Waals surface area contributed by atoms with Crippen LogP contribution in [0.1, 0.15) is 50.7 Å². The topological polar surface area (TPSA) is 37.3 Å². The van der Waals surface area contributed by atoms with E-state index in [1.54, 1.807) is 0 Å². The molecular weight excluding hydrogens is 244 g/mol. The summed E-state index contributed by atoms with van der Waals surface area (Å²) in [6.45, 7) is 6.57. The van der Waals surface area contributed by atoms with E-state index in [1.165, 1.54) is 16.0 Å². The lowest BCUT2D eigenvalue weighted by atomic mass is 9.83. The molecule has 1 aromatic carbocycles. The molecule has 1 aliphatic rings. The first-order valence-electron chi connectivity index (χ1n) is 6.37. The van der Waals surface area contributed by atoms with Crippen molar-refractivity contribution in [2.24, 2.45) is 0 Å². The molecule has 0 saturated carbocycles. The molecule has 0 amide bonds. The van der Waals surface area contributed by atoms with Crippen LogP contribution in [-0.2, 0) is 10.2 Å². The minimum absolute atomic E-state index is 0.116. The molecule has 1 unspecified atom stereocenters. The summed E-state index contributed by atoms with van der Waals surface area (Å²) in [6, 6.07) is 6.55. The molecule has 0 bridgehead atoms. The zero-order valence-electron chi connectivity index (χ0n) is 11.2.